The number of hydrogen-bond donors (Lipinski definition) is 1. The third kappa shape index (κ3) is 2.62. The van der Waals surface area contributed by atoms with Gasteiger partial charge in [-0.2, -0.15) is 0 Å². The number of amides is 1. The Labute approximate surface area is 108 Å². The average Bonchev–Trinajstić information content (AvgIpc) is 2.56. The van der Waals surface area contributed by atoms with E-state index >= 15 is 0 Å². The second kappa shape index (κ2) is 4.70. The van der Waals surface area contributed by atoms with Gasteiger partial charge in [0.05, 0.1) is 13.1 Å². The number of ether oxygens (including phenoxy) is 2. The molecule has 5 nitrogen and oxygen atoms in total. The lowest BCUT2D eigenvalue weighted by molar-refractivity contribution is -0.131. The van der Waals surface area contributed by atoms with Gasteiger partial charge in [-0.25, -0.2) is 4.79 Å². The van der Waals surface area contributed by atoms with Gasteiger partial charge in [-0.05, 0) is 39.5 Å². The van der Waals surface area contributed by atoms with Crippen LogP contribution in [0.2, 0.25) is 0 Å². The average molecular weight is 257 g/mol. The van der Waals surface area contributed by atoms with E-state index in [0.29, 0.717) is 19.0 Å². The molecule has 0 aromatic carbocycles. The summed E-state index contributed by atoms with van der Waals surface area (Å²) in [6, 6.07) is 0. The van der Waals surface area contributed by atoms with Crippen molar-refractivity contribution in [2.75, 3.05) is 26.3 Å². The first-order valence-electron chi connectivity index (χ1n) is 6.59. The van der Waals surface area contributed by atoms with E-state index < -0.39 is 5.60 Å². The van der Waals surface area contributed by atoms with Gasteiger partial charge in [0.25, 0.3) is 0 Å². The van der Waals surface area contributed by atoms with Gasteiger partial charge in [-0.1, -0.05) is 0 Å². The standard InChI is InChI=1S/C13H23NO4/c1-12(2,3)18-11(16)14-8-13(9-14)10(4-6-15)5-7-17-13/h10,15H,4-9H2,1-3H3/t10-/m1/s1. The summed E-state index contributed by atoms with van der Waals surface area (Å²) >= 11 is 0. The predicted octanol–water partition coefficient (Wildman–Crippen LogP) is 1.39. The number of likely N-dealkylation sites (tertiary alicyclic amines) is 1. The lowest BCUT2D eigenvalue weighted by Crippen LogP contribution is -2.66. The molecule has 1 atom stereocenters. The van der Waals surface area contributed by atoms with Gasteiger partial charge < -0.3 is 19.5 Å². The topological polar surface area (TPSA) is 59.0 Å². The summed E-state index contributed by atoms with van der Waals surface area (Å²) in [5.74, 6) is 0.362. The number of aliphatic hydroxyl groups excluding tert-OH is 1. The van der Waals surface area contributed by atoms with Crippen LogP contribution < -0.4 is 0 Å². The fourth-order valence-electron chi connectivity index (χ4n) is 2.75. The Bertz CT molecular complexity index is 317. The van der Waals surface area contributed by atoms with Crippen LogP contribution in [0.3, 0.4) is 0 Å². The third-order valence-electron chi connectivity index (χ3n) is 3.65. The molecule has 5 heteroatoms. The van der Waals surface area contributed by atoms with E-state index in [0.717, 1.165) is 19.4 Å². The molecule has 0 unspecified atom stereocenters. The molecule has 2 aliphatic rings. The summed E-state index contributed by atoms with van der Waals surface area (Å²) in [5.41, 5.74) is -0.680. The highest BCUT2D eigenvalue weighted by atomic mass is 16.6. The van der Waals surface area contributed by atoms with Crippen LogP contribution in [0, 0.1) is 5.92 Å². The van der Waals surface area contributed by atoms with E-state index in [1.807, 2.05) is 20.8 Å². The van der Waals surface area contributed by atoms with Crippen molar-refractivity contribution in [2.45, 2.75) is 44.8 Å². The largest absolute Gasteiger partial charge is 0.444 e. The number of carbonyl (C=O) groups is 1. The fourth-order valence-corrected chi connectivity index (χ4v) is 2.75. The zero-order valence-electron chi connectivity index (χ0n) is 11.4. The fraction of sp³-hybridized carbons (Fsp3) is 0.923. The minimum Gasteiger partial charge on any atom is -0.444 e. The molecule has 2 rings (SSSR count). The number of hydrogen-bond acceptors (Lipinski definition) is 4. The zero-order chi connectivity index (χ0) is 13.4. The van der Waals surface area contributed by atoms with Crippen LogP contribution in [-0.2, 0) is 9.47 Å². The Kier molecular flexibility index (Phi) is 3.56. The van der Waals surface area contributed by atoms with Gasteiger partial charge in [0.2, 0.25) is 0 Å². The van der Waals surface area contributed by atoms with E-state index in [4.69, 9.17) is 14.6 Å². The van der Waals surface area contributed by atoms with Crippen molar-refractivity contribution in [1.29, 1.82) is 0 Å². The van der Waals surface area contributed by atoms with Gasteiger partial charge >= 0.3 is 6.09 Å². The van der Waals surface area contributed by atoms with Crippen molar-refractivity contribution in [2.24, 2.45) is 5.92 Å². The first-order chi connectivity index (χ1) is 8.36. The Morgan fingerprint density at radius 2 is 2.17 bits per heavy atom. The second-order valence-electron chi connectivity index (χ2n) is 6.25. The van der Waals surface area contributed by atoms with Crippen LogP contribution in [0.5, 0.6) is 0 Å². The molecule has 0 aliphatic carbocycles. The van der Waals surface area contributed by atoms with Gasteiger partial charge in [0, 0.05) is 13.2 Å². The highest BCUT2D eigenvalue weighted by molar-refractivity contribution is 5.69. The quantitative estimate of drug-likeness (QED) is 0.812. The minimum atomic E-state index is -0.457. The molecule has 104 valence electrons. The highest BCUT2D eigenvalue weighted by Crippen LogP contribution is 2.41. The monoisotopic (exact) mass is 257 g/mol. The van der Waals surface area contributed by atoms with Crippen LogP contribution in [0.25, 0.3) is 0 Å². The lowest BCUT2D eigenvalue weighted by Gasteiger charge is -2.49. The SMILES string of the molecule is CC(C)(C)OC(=O)N1CC2(C1)OCC[C@H]2CCO. The highest BCUT2D eigenvalue weighted by Gasteiger charge is 2.54. The molecular weight excluding hydrogens is 234 g/mol. The predicted molar refractivity (Wildman–Crippen MR) is 66.3 cm³/mol. The van der Waals surface area contributed by atoms with E-state index in [2.05, 4.69) is 0 Å². The first kappa shape index (κ1) is 13.6. The van der Waals surface area contributed by atoms with Gasteiger partial charge in [-0.15, -0.1) is 0 Å². The number of aliphatic hydroxyl groups is 1. The maximum absolute atomic E-state index is 11.8. The van der Waals surface area contributed by atoms with Crippen LogP contribution in [0.1, 0.15) is 33.6 Å². The molecule has 1 spiro atoms. The molecule has 0 aromatic heterocycles. The molecule has 1 N–H and O–H groups in total. The normalized spacial score (nSPS) is 26.2. The van der Waals surface area contributed by atoms with Crippen LogP contribution in [0.15, 0.2) is 0 Å². The molecule has 2 aliphatic heterocycles. The Morgan fingerprint density at radius 3 is 2.72 bits per heavy atom. The van der Waals surface area contributed by atoms with E-state index in [1.165, 1.54) is 0 Å². The van der Waals surface area contributed by atoms with Gasteiger partial charge in [0.1, 0.15) is 11.2 Å². The summed E-state index contributed by atoms with van der Waals surface area (Å²) < 4.78 is 11.1. The maximum Gasteiger partial charge on any atom is 0.410 e. The zero-order valence-corrected chi connectivity index (χ0v) is 11.4. The lowest BCUT2D eigenvalue weighted by atomic mass is 9.79. The third-order valence-corrected chi connectivity index (χ3v) is 3.65. The molecule has 1 amide bonds. The molecule has 0 aromatic rings. The first-order valence-corrected chi connectivity index (χ1v) is 6.59. The maximum atomic E-state index is 11.8. The molecule has 18 heavy (non-hydrogen) atoms. The molecular formula is C13H23NO4. The van der Waals surface area contributed by atoms with E-state index in [9.17, 15) is 4.79 Å². The molecule has 0 bridgehead atoms. The number of rotatable bonds is 2. The summed E-state index contributed by atoms with van der Waals surface area (Å²) in [6.45, 7) is 7.68. The van der Waals surface area contributed by atoms with Crippen molar-refractivity contribution < 1.29 is 19.4 Å². The minimum absolute atomic E-state index is 0.183. The molecule has 0 radical (unpaired) electrons. The van der Waals surface area contributed by atoms with Crippen molar-refractivity contribution >= 4 is 6.09 Å². The van der Waals surface area contributed by atoms with E-state index in [-0.39, 0.29) is 18.3 Å². The second-order valence-corrected chi connectivity index (χ2v) is 6.25. The molecule has 0 saturated carbocycles. The summed E-state index contributed by atoms with van der Waals surface area (Å²) in [5, 5.41) is 9.05. The molecule has 2 saturated heterocycles. The van der Waals surface area contributed by atoms with Crippen molar-refractivity contribution in [3.63, 3.8) is 0 Å². The smallest absolute Gasteiger partial charge is 0.410 e. The molecule has 2 heterocycles. The van der Waals surface area contributed by atoms with Crippen LogP contribution in [0.4, 0.5) is 4.79 Å². The summed E-state index contributed by atoms with van der Waals surface area (Å²) in [7, 11) is 0. The van der Waals surface area contributed by atoms with Gasteiger partial charge in [0.15, 0.2) is 0 Å². The molecule has 2 fully saturated rings. The van der Waals surface area contributed by atoms with Crippen LogP contribution >= 0.6 is 0 Å². The number of carbonyl (C=O) groups excluding carboxylic acids is 1. The van der Waals surface area contributed by atoms with E-state index in [1.54, 1.807) is 4.90 Å². The van der Waals surface area contributed by atoms with Crippen molar-refractivity contribution in [3.8, 4) is 0 Å². The van der Waals surface area contributed by atoms with Crippen LogP contribution in [-0.4, -0.2) is 53.6 Å². The van der Waals surface area contributed by atoms with Crippen molar-refractivity contribution in [1.82, 2.24) is 4.90 Å². The summed E-state index contributed by atoms with van der Waals surface area (Å²) in [6.07, 6.45) is 1.46. The Balaban J connectivity index is 1.87. The number of nitrogens with zero attached hydrogens (tertiary/aromatic N) is 1. The Morgan fingerprint density at radius 1 is 1.50 bits per heavy atom. The Hall–Kier alpha value is -0.810. The van der Waals surface area contributed by atoms with Gasteiger partial charge in [-0.3, -0.25) is 0 Å². The summed E-state index contributed by atoms with van der Waals surface area (Å²) in [4.78, 5) is 13.5. The van der Waals surface area contributed by atoms with Crippen molar-refractivity contribution in [3.05, 3.63) is 0 Å².